The van der Waals surface area contributed by atoms with Crippen LogP contribution in [0.4, 0.5) is 0 Å². The van der Waals surface area contributed by atoms with Gasteiger partial charge in [0, 0.05) is 12.7 Å². The van der Waals surface area contributed by atoms with Crippen LogP contribution in [0.15, 0.2) is 47.9 Å². The molecule has 0 heterocycles. The van der Waals surface area contributed by atoms with Crippen LogP contribution >= 0.6 is 0 Å². The van der Waals surface area contributed by atoms with Crippen LogP contribution in [0.2, 0.25) is 0 Å². The first-order chi connectivity index (χ1) is 11.2. The molecule has 6 nitrogen and oxygen atoms in total. The maximum absolute atomic E-state index is 9.13. The first kappa shape index (κ1) is 16.8. The van der Waals surface area contributed by atoms with Crippen LogP contribution in [0, 0.1) is 0 Å². The van der Waals surface area contributed by atoms with E-state index in [2.05, 4.69) is 4.79 Å². The summed E-state index contributed by atoms with van der Waals surface area (Å²) in [5, 5.41) is 0. The van der Waals surface area contributed by atoms with Gasteiger partial charge in [-0.15, -0.1) is 0 Å². The van der Waals surface area contributed by atoms with Gasteiger partial charge < -0.3 is 24.5 Å². The zero-order chi connectivity index (χ0) is 16.7. The summed E-state index contributed by atoms with van der Waals surface area (Å²) in [6.07, 6.45) is 2.86. The average molecular weight is 316 g/mol. The molecule has 0 aromatic heterocycles. The predicted octanol–water partition coefficient (Wildman–Crippen LogP) is 2.97. The van der Waals surface area contributed by atoms with E-state index in [4.69, 9.17) is 24.5 Å². The smallest absolute Gasteiger partial charge is 0.328 e. The van der Waals surface area contributed by atoms with Crippen molar-refractivity contribution in [3.63, 3.8) is 0 Å². The molecule has 1 atom stereocenters. The summed E-state index contributed by atoms with van der Waals surface area (Å²) in [4.78, 5) is 3.26. The Kier molecular flexibility index (Phi) is 5.97. The summed E-state index contributed by atoms with van der Waals surface area (Å²) >= 11 is 0. The zero-order valence-corrected chi connectivity index (χ0v) is 13.5. The Morgan fingerprint density at radius 1 is 1.04 bits per heavy atom. The van der Waals surface area contributed by atoms with Crippen LogP contribution in [-0.4, -0.2) is 36.9 Å². The van der Waals surface area contributed by atoms with E-state index in [1.165, 1.54) is 0 Å². The molecule has 23 heavy (non-hydrogen) atoms. The van der Waals surface area contributed by atoms with Gasteiger partial charge in [0.2, 0.25) is 0 Å². The maximum Gasteiger partial charge on any atom is 0.328 e. The van der Waals surface area contributed by atoms with Gasteiger partial charge in [-0.2, -0.15) is 4.79 Å². The van der Waals surface area contributed by atoms with Crippen molar-refractivity contribution in [3.05, 3.63) is 53.5 Å². The van der Waals surface area contributed by atoms with Crippen LogP contribution in [0.1, 0.15) is 13.8 Å². The van der Waals surface area contributed by atoms with Gasteiger partial charge in [-0.1, -0.05) is 0 Å². The van der Waals surface area contributed by atoms with Crippen molar-refractivity contribution in [2.45, 2.75) is 20.0 Å². The molecule has 1 aliphatic rings. The van der Waals surface area contributed by atoms with Gasteiger partial charge in [-0.05, 0) is 38.1 Å². The lowest BCUT2D eigenvalue weighted by Crippen LogP contribution is -2.27. The number of ether oxygens (including phenoxy) is 4. The van der Waals surface area contributed by atoms with E-state index in [0.717, 1.165) is 5.75 Å². The van der Waals surface area contributed by atoms with Crippen molar-refractivity contribution < 1.29 is 23.7 Å². The number of rotatable bonds is 7. The van der Waals surface area contributed by atoms with Gasteiger partial charge in [-0.3, -0.25) is 0 Å². The Balaban J connectivity index is 2.27. The van der Waals surface area contributed by atoms with Gasteiger partial charge in [0.15, 0.2) is 17.6 Å². The van der Waals surface area contributed by atoms with Crippen molar-refractivity contribution in [2.75, 3.05) is 20.3 Å². The van der Waals surface area contributed by atoms with Crippen molar-refractivity contribution in [1.82, 2.24) is 0 Å². The van der Waals surface area contributed by atoms with E-state index >= 15 is 0 Å². The highest BCUT2D eigenvalue weighted by molar-refractivity contribution is 5.97. The minimum atomic E-state index is -0.484. The van der Waals surface area contributed by atoms with Crippen LogP contribution in [0.3, 0.4) is 0 Å². The van der Waals surface area contributed by atoms with E-state index in [-0.39, 0.29) is 0 Å². The van der Waals surface area contributed by atoms with E-state index < -0.39 is 6.10 Å². The molecule has 0 aliphatic heterocycles. The Labute approximate surface area is 135 Å². The molecule has 0 radical (unpaired) electrons. The minimum Gasteiger partial charge on any atom is -0.497 e. The van der Waals surface area contributed by atoms with Crippen LogP contribution < -0.4 is 9.47 Å². The summed E-state index contributed by atoms with van der Waals surface area (Å²) in [6, 6.07) is 7.22. The molecular weight excluding hydrogens is 296 g/mol. The molecule has 1 aliphatic carbocycles. The Morgan fingerprint density at radius 3 is 2.30 bits per heavy atom. The topological polar surface area (TPSA) is 73.3 Å². The first-order valence-corrected chi connectivity index (χ1v) is 7.44. The van der Waals surface area contributed by atoms with Gasteiger partial charge in [-0.25, -0.2) is 0 Å². The second-order valence-corrected chi connectivity index (χ2v) is 4.65. The van der Waals surface area contributed by atoms with E-state index in [1.807, 2.05) is 26.0 Å². The van der Waals surface area contributed by atoms with Crippen molar-refractivity contribution in [2.24, 2.45) is 0 Å². The number of methoxy groups -OCH3 is 1. The molecule has 1 unspecified atom stereocenters. The third-order valence-corrected chi connectivity index (χ3v) is 3.16. The predicted molar refractivity (Wildman–Crippen MR) is 85.5 cm³/mol. The molecular formula is C17H20N2O4. The molecule has 122 valence electrons. The van der Waals surface area contributed by atoms with Crippen LogP contribution in [-0.2, 0) is 9.47 Å². The van der Waals surface area contributed by atoms with Gasteiger partial charge in [0.1, 0.15) is 11.5 Å². The summed E-state index contributed by atoms with van der Waals surface area (Å²) < 4.78 is 22.1. The molecule has 0 bridgehead atoms. The fourth-order valence-electron chi connectivity index (χ4n) is 2.11. The molecule has 0 amide bonds. The lowest BCUT2D eigenvalue weighted by molar-refractivity contribution is -0.0227. The summed E-state index contributed by atoms with van der Waals surface area (Å²) in [6.45, 7) is 4.69. The molecule has 0 spiro atoms. The molecule has 0 fully saturated rings. The normalized spacial score (nSPS) is 17.0. The number of hydrogen-bond donors (Lipinski definition) is 0. The molecule has 6 heteroatoms. The van der Waals surface area contributed by atoms with Crippen LogP contribution in [0.5, 0.6) is 11.5 Å². The molecule has 0 saturated carbocycles. The third-order valence-electron chi connectivity index (χ3n) is 3.16. The largest absolute Gasteiger partial charge is 0.497 e. The second kappa shape index (κ2) is 8.17. The van der Waals surface area contributed by atoms with Gasteiger partial charge >= 0.3 is 5.71 Å². The highest BCUT2D eigenvalue weighted by Crippen LogP contribution is 2.25. The number of benzene rings is 1. The second-order valence-electron chi connectivity index (χ2n) is 4.65. The summed E-state index contributed by atoms with van der Waals surface area (Å²) in [5.74, 6) is 2.40. The standard InChI is InChI=1S/C17H20N2O4/c1-4-21-15-11-17(16(22-5-2)10-14(15)19-18)23-13-8-6-12(20-3)7-9-13/h6-11,15H,4-5H2,1-3H3. The van der Waals surface area contributed by atoms with Crippen molar-refractivity contribution in [3.8, 4) is 11.5 Å². The van der Waals surface area contributed by atoms with Gasteiger partial charge in [0.05, 0.1) is 19.8 Å². The number of hydrogen-bond acceptors (Lipinski definition) is 4. The highest BCUT2D eigenvalue weighted by atomic mass is 16.5. The molecule has 1 aromatic rings. The fourth-order valence-corrected chi connectivity index (χ4v) is 2.11. The monoisotopic (exact) mass is 316 g/mol. The molecule has 0 saturated heterocycles. The Bertz CT molecular complexity index is 643. The van der Waals surface area contributed by atoms with Gasteiger partial charge in [0.25, 0.3) is 0 Å². The Hall–Kier alpha value is -2.56. The van der Waals surface area contributed by atoms with E-state index in [1.54, 1.807) is 31.4 Å². The lowest BCUT2D eigenvalue weighted by atomic mass is 10.1. The quantitative estimate of drug-likeness (QED) is 0.572. The first-order valence-electron chi connectivity index (χ1n) is 7.44. The fraction of sp³-hybridized carbons (Fsp3) is 0.353. The third kappa shape index (κ3) is 4.22. The number of nitrogens with zero attached hydrogens (tertiary/aromatic N) is 2. The van der Waals surface area contributed by atoms with Crippen molar-refractivity contribution in [1.29, 1.82) is 0 Å². The maximum atomic E-state index is 9.13. The summed E-state index contributed by atoms with van der Waals surface area (Å²) in [7, 11) is 1.61. The minimum absolute atomic E-state index is 0.373. The SMILES string of the molecule is CCOC1=CC(=[N+]=[N-])C(OCC)C=C1Oc1ccc(OC)cc1. The van der Waals surface area contributed by atoms with Crippen molar-refractivity contribution >= 4 is 5.71 Å². The highest BCUT2D eigenvalue weighted by Gasteiger charge is 2.29. The average Bonchev–Trinajstić information content (AvgIpc) is 2.58. The summed E-state index contributed by atoms with van der Waals surface area (Å²) in [5.41, 5.74) is 9.50. The molecule has 0 N–H and O–H groups in total. The Morgan fingerprint density at radius 2 is 1.74 bits per heavy atom. The lowest BCUT2D eigenvalue weighted by Gasteiger charge is -2.19. The molecule has 1 aromatic carbocycles. The van der Waals surface area contributed by atoms with E-state index in [0.29, 0.717) is 36.2 Å². The zero-order valence-electron chi connectivity index (χ0n) is 13.5. The van der Waals surface area contributed by atoms with Crippen LogP contribution in [0.25, 0.3) is 5.53 Å². The molecule has 2 rings (SSSR count). The van der Waals surface area contributed by atoms with E-state index in [9.17, 15) is 0 Å².